The largest absolute Gasteiger partial charge is 0.637 e. The molecular weight excluding hydrogens is 169 g/mol. The fourth-order valence-corrected chi connectivity index (χ4v) is 0.166. The van der Waals surface area contributed by atoms with E-state index in [0.29, 0.717) is 0 Å². The molecule has 3 heteroatoms. The molecule has 0 spiro atoms. The summed E-state index contributed by atoms with van der Waals surface area (Å²) in [6, 6.07) is 0. The van der Waals surface area contributed by atoms with Crippen LogP contribution in [0.4, 0.5) is 0 Å². The molecule has 0 N–H and O–H groups in total. The molecule has 0 amide bonds. The molecule has 0 aliphatic carbocycles. The van der Waals surface area contributed by atoms with Crippen molar-refractivity contribution in [1.29, 1.82) is 0 Å². The van der Waals surface area contributed by atoms with Gasteiger partial charge in [0.15, 0.2) is 0 Å². The van der Waals surface area contributed by atoms with Gasteiger partial charge in [-0.05, 0) is 0 Å². The summed E-state index contributed by atoms with van der Waals surface area (Å²) in [6.07, 6.45) is 0. The minimum Gasteiger partial charge on any atom is -0.637 e. The predicted molar refractivity (Wildman–Crippen MR) is 21.7 cm³/mol. The first-order valence-corrected chi connectivity index (χ1v) is 1.72. The van der Waals surface area contributed by atoms with Crippen molar-refractivity contribution in [2.75, 3.05) is 0 Å². The molecular formula is C4H7O2Y-. The summed E-state index contributed by atoms with van der Waals surface area (Å²) < 4.78 is 4.28. The molecule has 0 aliphatic heterocycles. The molecule has 39 valence electrons. The van der Waals surface area contributed by atoms with E-state index in [9.17, 15) is 4.79 Å². The molecule has 0 aliphatic rings. The van der Waals surface area contributed by atoms with Gasteiger partial charge < -0.3 is 4.74 Å². The molecule has 0 heterocycles. The number of carbonyl (C=O) groups excluding carboxylic acids is 1. The van der Waals surface area contributed by atoms with Crippen LogP contribution in [0.3, 0.4) is 0 Å². The number of ether oxygens (including phenoxy) is 1. The van der Waals surface area contributed by atoms with E-state index in [1.165, 1.54) is 13.5 Å². The van der Waals surface area contributed by atoms with Crippen molar-refractivity contribution in [1.82, 2.24) is 0 Å². The first-order valence-electron chi connectivity index (χ1n) is 1.72. The Kier molecular flexibility index (Phi) is 9.89. The van der Waals surface area contributed by atoms with Crippen molar-refractivity contribution < 1.29 is 42.2 Å². The van der Waals surface area contributed by atoms with Crippen LogP contribution in [0.2, 0.25) is 0 Å². The van der Waals surface area contributed by atoms with Crippen LogP contribution in [0.1, 0.15) is 13.8 Å². The molecule has 1 radical (unpaired) electrons. The number of hydrogen-bond donors (Lipinski definition) is 0. The molecule has 2 nitrogen and oxygen atoms in total. The molecule has 0 saturated carbocycles. The van der Waals surface area contributed by atoms with Gasteiger partial charge in [0.2, 0.25) is 0 Å². The van der Waals surface area contributed by atoms with Crippen LogP contribution in [-0.4, -0.2) is 5.97 Å². The van der Waals surface area contributed by atoms with E-state index >= 15 is 0 Å². The summed E-state index contributed by atoms with van der Waals surface area (Å²) in [4.78, 5) is 9.79. The summed E-state index contributed by atoms with van der Waals surface area (Å²) in [7, 11) is 0. The van der Waals surface area contributed by atoms with Gasteiger partial charge in [-0.2, -0.15) is 13.5 Å². The number of esters is 1. The summed E-state index contributed by atoms with van der Waals surface area (Å²) in [6.45, 7) is 4.36. The van der Waals surface area contributed by atoms with Gasteiger partial charge in [0, 0.05) is 39.6 Å². The Morgan fingerprint density at radius 2 is 2.14 bits per heavy atom. The average molecular weight is 176 g/mol. The fraction of sp³-hybridized carbons (Fsp3) is 0.500. The molecule has 0 fully saturated rings. The third kappa shape index (κ3) is 10.8. The van der Waals surface area contributed by atoms with Crippen molar-refractivity contribution in [3.05, 3.63) is 6.61 Å². The van der Waals surface area contributed by atoms with E-state index < -0.39 is 0 Å². The van der Waals surface area contributed by atoms with Crippen molar-refractivity contribution in [2.24, 2.45) is 0 Å². The number of rotatable bonds is 1. The van der Waals surface area contributed by atoms with Gasteiger partial charge in [0.05, 0.1) is 0 Å². The molecule has 0 rings (SSSR count). The summed E-state index contributed by atoms with van der Waals surface area (Å²) in [5, 5.41) is 0. The molecule has 0 atom stereocenters. The van der Waals surface area contributed by atoms with Gasteiger partial charge in [-0.3, -0.25) is 4.79 Å². The molecule has 0 saturated heterocycles. The standard InChI is InChI=1S/C4H7O2.Y/c1-3-6-4(2)5;/h3H,1-2H3;/q-1;. The van der Waals surface area contributed by atoms with Crippen LogP contribution in [0.15, 0.2) is 0 Å². The van der Waals surface area contributed by atoms with Crippen molar-refractivity contribution in [2.45, 2.75) is 13.8 Å². The van der Waals surface area contributed by atoms with Gasteiger partial charge in [0.1, 0.15) is 0 Å². The molecule has 0 aromatic rings. The molecule has 0 aromatic heterocycles. The van der Waals surface area contributed by atoms with E-state index in [-0.39, 0.29) is 38.7 Å². The maximum atomic E-state index is 9.79. The van der Waals surface area contributed by atoms with Crippen molar-refractivity contribution in [3.63, 3.8) is 0 Å². The smallest absolute Gasteiger partial charge is 0.271 e. The normalized spacial score (nSPS) is 6.57. The summed E-state index contributed by atoms with van der Waals surface area (Å²) in [5.41, 5.74) is 0. The minimum atomic E-state index is -0.266. The van der Waals surface area contributed by atoms with Gasteiger partial charge in [-0.15, -0.1) is 0 Å². The number of carbonyl (C=O) groups is 1. The van der Waals surface area contributed by atoms with E-state index in [0.717, 1.165) is 0 Å². The second-order valence-corrected chi connectivity index (χ2v) is 0.845. The molecule has 0 unspecified atom stereocenters. The van der Waals surface area contributed by atoms with E-state index in [1.807, 2.05) is 0 Å². The molecule has 0 bridgehead atoms. The topological polar surface area (TPSA) is 26.3 Å². The average Bonchev–Trinajstić information content (AvgIpc) is 1.35. The Balaban J connectivity index is 0. The summed E-state index contributed by atoms with van der Waals surface area (Å²) >= 11 is 0. The van der Waals surface area contributed by atoms with Crippen LogP contribution in [-0.2, 0) is 42.2 Å². The van der Waals surface area contributed by atoms with Crippen LogP contribution < -0.4 is 0 Å². The van der Waals surface area contributed by atoms with Crippen LogP contribution in [0.5, 0.6) is 0 Å². The zero-order valence-corrected chi connectivity index (χ0v) is 7.31. The first-order chi connectivity index (χ1) is 2.77. The van der Waals surface area contributed by atoms with E-state index in [4.69, 9.17) is 0 Å². The monoisotopic (exact) mass is 176 g/mol. The Hall–Kier alpha value is 0.574. The van der Waals surface area contributed by atoms with Gasteiger partial charge in [-0.25, -0.2) is 0 Å². The van der Waals surface area contributed by atoms with Gasteiger partial charge in [-0.1, -0.05) is 0 Å². The Morgan fingerprint density at radius 1 is 1.71 bits per heavy atom. The Bertz CT molecular complexity index is 53.7. The maximum absolute atomic E-state index is 9.79. The predicted octanol–water partition coefficient (Wildman–Crippen LogP) is 0.729. The van der Waals surface area contributed by atoms with Gasteiger partial charge >= 0.3 is 0 Å². The van der Waals surface area contributed by atoms with E-state index in [2.05, 4.69) is 4.74 Å². The van der Waals surface area contributed by atoms with Crippen LogP contribution >= 0.6 is 0 Å². The third-order valence-electron chi connectivity index (χ3n) is 0.284. The first kappa shape index (κ1) is 10.5. The quantitative estimate of drug-likeness (QED) is 0.434. The van der Waals surface area contributed by atoms with Crippen LogP contribution in [0, 0.1) is 6.61 Å². The third-order valence-corrected chi connectivity index (χ3v) is 0.284. The number of hydrogen-bond acceptors (Lipinski definition) is 2. The second-order valence-electron chi connectivity index (χ2n) is 0.845. The SMILES string of the molecule is C[CH-]OC(C)=O.[Y]. The maximum Gasteiger partial charge on any atom is 0.271 e. The van der Waals surface area contributed by atoms with Crippen molar-refractivity contribution >= 4 is 5.97 Å². The minimum absolute atomic E-state index is 0. The molecule has 7 heavy (non-hydrogen) atoms. The zero-order valence-electron chi connectivity index (χ0n) is 4.47. The van der Waals surface area contributed by atoms with E-state index in [1.54, 1.807) is 6.92 Å². The zero-order chi connectivity index (χ0) is 4.99. The molecule has 0 aromatic carbocycles. The van der Waals surface area contributed by atoms with Gasteiger partial charge in [0.25, 0.3) is 5.97 Å². The second kappa shape index (κ2) is 6.57. The Morgan fingerprint density at radius 3 is 2.14 bits per heavy atom. The van der Waals surface area contributed by atoms with Crippen LogP contribution in [0.25, 0.3) is 0 Å². The Labute approximate surface area is 68.5 Å². The van der Waals surface area contributed by atoms with Crippen molar-refractivity contribution in [3.8, 4) is 0 Å². The summed E-state index contributed by atoms with van der Waals surface area (Å²) in [5.74, 6) is -0.266. The fourth-order valence-electron chi connectivity index (χ4n) is 0.166.